The SMILES string of the molecule is Cc1nn(C)c(C)c1CN1CCN(C(=S)Nc2ccc(Cl)c(Cl)c2)CC1. The maximum absolute atomic E-state index is 6.06. The summed E-state index contributed by atoms with van der Waals surface area (Å²) < 4.78 is 1.96. The summed E-state index contributed by atoms with van der Waals surface area (Å²) in [6.45, 7) is 8.87. The Morgan fingerprint density at radius 2 is 1.85 bits per heavy atom. The van der Waals surface area contributed by atoms with Crippen molar-refractivity contribution in [3.8, 4) is 0 Å². The fourth-order valence-corrected chi connectivity index (χ4v) is 3.75. The van der Waals surface area contributed by atoms with Crippen LogP contribution in [0.2, 0.25) is 10.0 Å². The largest absolute Gasteiger partial charge is 0.346 e. The van der Waals surface area contributed by atoms with Gasteiger partial charge in [-0.3, -0.25) is 9.58 Å². The molecule has 8 heteroatoms. The molecule has 140 valence electrons. The van der Waals surface area contributed by atoms with E-state index in [-0.39, 0.29) is 0 Å². The number of hydrogen-bond acceptors (Lipinski definition) is 3. The number of hydrogen-bond donors (Lipinski definition) is 1. The van der Waals surface area contributed by atoms with E-state index >= 15 is 0 Å². The zero-order valence-corrected chi connectivity index (χ0v) is 17.5. The molecule has 1 aliphatic rings. The zero-order chi connectivity index (χ0) is 18.8. The maximum atomic E-state index is 6.06. The molecular formula is C18H23Cl2N5S. The molecule has 0 atom stereocenters. The minimum Gasteiger partial charge on any atom is -0.346 e. The molecule has 0 amide bonds. The van der Waals surface area contributed by atoms with Gasteiger partial charge in [-0.05, 0) is 44.3 Å². The smallest absolute Gasteiger partial charge is 0.173 e. The molecule has 0 radical (unpaired) electrons. The van der Waals surface area contributed by atoms with Crippen molar-refractivity contribution in [2.45, 2.75) is 20.4 Å². The number of anilines is 1. The van der Waals surface area contributed by atoms with E-state index in [1.54, 1.807) is 12.1 Å². The van der Waals surface area contributed by atoms with Gasteiger partial charge in [0.05, 0.1) is 15.7 Å². The van der Waals surface area contributed by atoms with Crippen molar-refractivity contribution in [1.29, 1.82) is 0 Å². The highest BCUT2D eigenvalue weighted by molar-refractivity contribution is 7.80. The monoisotopic (exact) mass is 411 g/mol. The molecule has 1 fully saturated rings. The Bertz CT molecular complexity index is 812. The van der Waals surface area contributed by atoms with Crippen molar-refractivity contribution in [1.82, 2.24) is 19.6 Å². The van der Waals surface area contributed by atoms with Gasteiger partial charge in [0.15, 0.2) is 5.11 Å². The van der Waals surface area contributed by atoms with Gasteiger partial charge in [-0.15, -0.1) is 0 Å². The Balaban J connectivity index is 1.54. The quantitative estimate of drug-likeness (QED) is 0.775. The fraction of sp³-hybridized carbons (Fsp3) is 0.444. The van der Waals surface area contributed by atoms with Crippen LogP contribution in [-0.4, -0.2) is 50.9 Å². The van der Waals surface area contributed by atoms with Crippen LogP contribution in [0.25, 0.3) is 0 Å². The Morgan fingerprint density at radius 3 is 2.42 bits per heavy atom. The first-order chi connectivity index (χ1) is 12.3. The topological polar surface area (TPSA) is 36.3 Å². The van der Waals surface area contributed by atoms with Gasteiger partial charge in [-0.1, -0.05) is 23.2 Å². The summed E-state index contributed by atoms with van der Waals surface area (Å²) in [6.07, 6.45) is 0. The summed E-state index contributed by atoms with van der Waals surface area (Å²) >= 11 is 17.6. The van der Waals surface area contributed by atoms with E-state index in [0.717, 1.165) is 49.2 Å². The lowest BCUT2D eigenvalue weighted by Gasteiger charge is -2.36. The number of aromatic nitrogens is 2. The lowest BCUT2D eigenvalue weighted by Crippen LogP contribution is -2.49. The Kier molecular flexibility index (Phi) is 6.07. The molecule has 1 aromatic carbocycles. The van der Waals surface area contributed by atoms with Gasteiger partial charge < -0.3 is 10.2 Å². The molecule has 26 heavy (non-hydrogen) atoms. The van der Waals surface area contributed by atoms with Gasteiger partial charge in [0.25, 0.3) is 0 Å². The third-order valence-corrected chi connectivity index (χ3v) is 5.97. The fourth-order valence-electron chi connectivity index (χ4n) is 3.16. The highest BCUT2D eigenvalue weighted by atomic mass is 35.5. The van der Waals surface area contributed by atoms with Gasteiger partial charge in [0, 0.05) is 56.7 Å². The highest BCUT2D eigenvalue weighted by Crippen LogP contribution is 2.25. The minimum absolute atomic E-state index is 0.520. The zero-order valence-electron chi connectivity index (χ0n) is 15.2. The molecule has 1 N–H and O–H groups in total. The number of thiocarbonyl (C=S) groups is 1. The van der Waals surface area contributed by atoms with Crippen LogP contribution in [0.3, 0.4) is 0 Å². The Morgan fingerprint density at radius 1 is 1.15 bits per heavy atom. The molecule has 1 saturated heterocycles. The van der Waals surface area contributed by atoms with E-state index < -0.39 is 0 Å². The summed E-state index contributed by atoms with van der Waals surface area (Å²) in [4.78, 5) is 4.65. The van der Waals surface area contributed by atoms with Crippen molar-refractivity contribution in [2.24, 2.45) is 7.05 Å². The molecule has 2 aromatic rings. The van der Waals surface area contributed by atoms with Crippen molar-refractivity contribution in [3.63, 3.8) is 0 Å². The molecule has 2 heterocycles. The number of halogens is 2. The average Bonchev–Trinajstić information content (AvgIpc) is 2.85. The number of aryl methyl sites for hydroxylation is 2. The van der Waals surface area contributed by atoms with Crippen molar-refractivity contribution < 1.29 is 0 Å². The molecule has 0 aliphatic carbocycles. The lowest BCUT2D eigenvalue weighted by molar-refractivity contribution is 0.176. The first-order valence-electron chi connectivity index (χ1n) is 8.57. The molecular weight excluding hydrogens is 389 g/mol. The van der Waals surface area contributed by atoms with E-state index in [0.29, 0.717) is 10.0 Å². The molecule has 3 rings (SSSR count). The van der Waals surface area contributed by atoms with Crippen LogP contribution < -0.4 is 5.32 Å². The molecule has 0 bridgehead atoms. The van der Waals surface area contributed by atoms with Crippen LogP contribution in [0.1, 0.15) is 17.0 Å². The predicted molar refractivity (Wildman–Crippen MR) is 112 cm³/mol. The van der Waals surface area contributed by atoms with E-state index in [2.05, 4.69) is 34.1 Å². The summed E-state index contributed by atoms with van der Waals surface area (Å²) in [5, 5.41) is 9.53. The number of rotatable bonds is 3. The maximum Gasteiger partial charge on any atom is 0.173 e. The second-order valence-electron chi connectivity index (χ2n) is 6.60. The number of nitrogens with zero attached hydrogens (tertiary/aromatic N) is 4. The Hall–Kier alpha value is -1.34. The van der Waals surface area contributed by atoms with Crippen molar-refractivity contribution >= 4 is 46.2 Å². The van der Waals surface area contributed by atoms with Crippen LogP contribution in [0.15, 0.2) is 18.2 Å². The molecule has 0 spiro atoms. The molecule has 0 saturated carbocycles. The first-order valence-corrected chi connectivity index (χ1v) is 9.74. The molecule has 0 unspecified atom stereocenters. The Labute approximate surface area is 169 Å². The van der Waals surface area contributed by atoms with Gasteiger partial charge in [-0.2, -0.15) is 5.10 Å². The van der Waals surface area contributed by atoms with Crippen LogP contribution in [0, 0.1) is 13.8 Å². The van der Waals surface area contributed by atoms with Crippen LogP contribution in [0.4, 0.5) is 5.69 Å². The normalized spacial score (nSPS) is 15.3. The van der Waals surface area contributed by atoms with E-state index in [1.807, 2.05) is 17.8 Å². The average molecular weight is 412 g/mol. The lowest BCUT2D eigenvalue weighted by atomic mass is 10.1. The molecule has 1 aromatic heterocycles. The van der Waals surface area contributed by atoms with Crippen LogP contribution in [-0.2, 0) is 13.6 Å². The third-order valence-electron chi connectivity index (χ3n) is 4.87. The van der Waals surface area contributed by atoms with Crippen molar-refractivity contribution in [2.75, 3.05) is 31.5 Å². The van der Waals surface area contributed by atoms with Crippen molar-refractivity contribution in [3.05, 3.63) is 45.2 Å². The van der Waals surface area contributed by atoms with E-state index in [4.69, 9.17) is 35.4 Å². The number of nitrogens with one attached hydrogen (secondary N) is 1. The van der Waals surface area contributed by atoms with Gasteiger partial charge >= 0.3 is 0 Å². The number of benzene rings is 1. The summed E-state index contributed by atoms with van der Waals surface area (Å²) in [7, 11) is 2.00. The summed E-state index contributed by atoms with van der Waals surface area (Å²) in [6, 6.07) is 5.44. The van der Waals surface area contributed by atoms with E-state index in [1.165, 1.54) is 11.3 Å². The summed E-state index contributed by atoms with van der Waals surface area (Å²) in [5.74, 6) is 0. The van der Waals surface area contributed by atoms with Crippen LogP contribution >= 0.6 is 35.4 Å². The molecule has 5 nitrogen and oxygen atoms in total. The minimum atomic E-state index is 0.520. The second-order valence-corrected chi connectivity index (χ2v) is 7.80. The summed E-state index contributed by atoms with van der Waals surface area (Å²) in [5.41, 5.74) is 4.54. The predicted octanol–water partition coefficient (Wildman–Crippen LogP) is 3.86. The second kappa shape index (κ2) is 8.13. The third kappa shape index (κ3) is 4.31. The number of piperazine rings is 1. The van der Waals surface area contributed by atoms with Gasteiger partial charge in [0.2, 0.25) is 0 Å². The molecule has 1 aliphatic heterocycles. The van der Waals surface area contributed by atoms with E-state index in [9.17, 15) is 0 Å². The highest BCUT2D eigenvalue weighted by Gasteiger charge is 2.21. The van der Waals surface area contributed by atoms with Gasteiger partial charge in [0.1, 0.15) is 0 Å². The van der Waals surface area contributed by atoms with Gasteiger partial charge in [-0.25, -0.2) is 0 Å². The first kappa shape index (κ1) is 19.4. The standard InChI is InChI=1S/C18H23Cl2N5S/c1-12-15(13(2)23(3)22-12)11-24-6-8-25(9-7-24)18(26)21-14-4-5-16(19)17(20)10-14/h4-5,10H,6-9,11H2,1-3H3,(H,21,26). The van der Waals surface area contributed by atoms with Crippen LogP contribution in [0.5, 0.6) is 0 Å².